The summed E-state index contributed by atoms with van der Waals surface area (Å²) in [6, 6.07) is 1.46. The van der Waals surface area contributed by atoms with Gasteiger partial charge < -0.3 is 20.9 Å². The van der Waals surface area contributed by atoms with E-state index in [2.05, 4.69) is 27.2 Å². The monoisotopic (exact) mass is 263 g/mol. The molecule has 0 spiro atoms. The molecule has 1 aromatic heterocycles. The highest BCUT2D eigenvalue weighted by atomic mass is 16.1. The van der Waals surface area contributed by atoms with E-state index in [1.54, 1.807) is 0 Å². The molecule has 0 aromatic carbocycles. The fourth-order valence-electron chi connectivity index (χ4n) is 3.48. The van der Waals surface area contributed by atoms with Crippen molar-refractivity contribution < 1.29 is 0 Å². The molecule has 2 bridgehead atoms. The highest BCUT2D eigenvalue weighted by Crippen LogP contribution is 2.37. The van der Waals surface area contributed by atoms with Crippen molar-refractivity contribution in [1.29, 1.82) is 0 Å². The van der Waals surface area contributed by atoms with Crippen molar-refractivity contribution in [3.8, 4) is 0 Å². The Bertz CT molecular complexity index is 500. The van der Waals surface area contributed by atoms with Gasteiger partial charge in [-0.15, -0.1) is 0 Å². The number of aromatic amines is 1. The lowest BCUT2D eigenvalue weighted by molar-refractivity contribution is 0.139. The molecule has 19 heavy (non-hydrogen) atoms. The molecule has 3 heterocycles. The number of H-pyrrole nitrogens is 1. The van der Waals surface area contributed by atoms with Crippen molar-refractivity contribution in [2.24, 2.45) is 5.92 Å². The first kappa shape index (κ1) is 12.5. The van der Waals surface area contributed by atoms with E-state index in [0.29, 0.717) is 11.7 Å². The quantitative estimate of drug-likeness (QED) is 0.745. The molecule has 2 unspecified atom stereocenters. The lowest BCUT2D eigenvalue weighted by atomic mass is 9.91. The molecular weight excluding hydrogens is 242 g/mol. The first-order chi connectivity index (χ1) is 9.15. The van der Waals surface area contributed by atoms with Gasteiger partial charge in [0.1, 0.15) is 5.69 Å². The highest BCUT2D eigenvalue weighted by molar-refractivity contribution is 5.58. The lowest BCUT2D eigenvalue weighted by Crippen LogP contribution is -2.41. The third-order valence-electron chi connectivity index (χ3n) is 4.64. The van der Waals surface area contributed by atoms with Gasteiger partial charge >= 0.3 is 0 Å². The number of aromatic nitrogens is 2. The maximum absolute atomic E-state index is 11.4. The minimum Gasteiger partial charge on any atom is -0.391 e. The number of hydrogen-bond acceptors (Lipinski definition) is 5. The number of nitrogens with zero attached hydrogens (tertiary/aromatic N) is 2. The van der Waals surface area contributed by atoms with E-state index in [1.807, 2.05) is 0 Å². The minimum atomic E-state index is -0.277. The predicted octanol–water partition coefficient (Wildman–Crippen LogP) is 0.637. The van der Waals surface area contributed by atoms with E-state index >= 15 is 0 Å². The number of nitrogen functional groups attached to an aromatic ring is 1. The van der Waals surface area contributed by atoms with Crippen LogP contribution in [-0.4, -0.2) is 40.5 Å². The second-order valence-corrected chi connectivity index (χ2v) is 5.76. The van der Waals surface area contributed by atoms with Crippen LogP contribution in [0.2, 0.25) is 0 Å². The highest BCUT2D eigenvalue weighted by Gasteiger charge is 2.38. The van der Waals surface area contributed by atoms with Gasteiger partial charge in [0.05, 0.1) is 6.33 Å². The molecule has 2 atom stereocenters. The maximum atomic E-state index is 11.4. The Kier molecular flexibility index (Phi) is 3.18. The fourth-order valence-corrected chi connectivity index (χ4v) is 3.48. The minimum absolute atomic E-state index is 0.179. The molecule has 0 saturated carbocycles. The molecule has 2 saturated heterocycles. The molecule has 2 aliphatic heterocycles. The average molecular weight is 263 g/mol. The van der Waals surface area contributed by atoms with Crippen molar-refractivity contribution in [2.75, 3.05) is 24.6 Å². The summed E-state index contributed by atoms with van der Waals surface area (Å²) in [5.74, 6) is 1.16. The summed E-state index contributed by atoms with van der Waals surface area (Å²) >= 11 is 0. The molecule has 0 aliphatic carbocycles. The summed E-state index contributed by atoms with van der Waals surface area (Å²) in [5, 5.41) is 3.23. The number of anilines is 2. The Hall–Kier alpha value is -1.56. The van der Waals surface area contributed by atoms with Crippen LogP contribution >= 0.6 is 0 Å². The normalized spacial score (nSPS) is 30.5. The molecule has 1 aromatic rings. The molecule has 2 fully saturated rings. The van der Waals surface area contributed by atoms with E-state index in [9.17, 15) is 4.79 Å². The second-order valence-electron chi connectivity index (χ2n) is 5.76. The molecule has 4 N–H and O–H groups in total. The third-order valence-corrected chi connectivity index (χ3v) is 4.64. The van der Waals surface area contributed by atoms with Gasteiger partial charge in [-0.05, 0) is 38.6 Å². The zero-order valence-corrected chi connectivity index (χ0v) is 11.2. The van der Waals surface area contributed by atoms with E-state index < -0.39 is 0 Å². The van der Waals surface area contributed by atoms with Crippen LogP contribution in [-0.2, 0) is 0 Å². The van der Waals surface area contributed by atoms with Gasteiger partial charge in [-0.1, -0.05) is 0 Å². The molecule has 6 nitrogen and oxygen atoms in total. The van der Waals surface area contributed by atoms with Crippen molar-refractivity contribution in [3.05, 3.63) is 16.7 Å². The summed E-state index contributed by atoms with van der Waals surface area (Å²) in [6.07, 6.45) is 6.48. The van der Waals surface area contributed by atoms with Gasteiger partial charge in [0, 0.05) is 18.6 Å². The van der Waals surface area contributed by atoms with Crippen LogP contribution in [0.3, 0.4) is 0 Å². The van der Waals surface area contributed by atoms with Gasteiger partial charge in [-0.2, -0.15) is 0 Å². The van der Waals surface area contributed by atoms with Crippen molar-refractivity contribution in [3.63, 3.8) is 0 Å². The summed E-state index contributed by atoms with van der Waals surface area (Å²) in [5.41, 5.74) is 5.61. The van der Waals surface area contributed by atoms with Crippen LogP contribution in [0.4, 0.5) is 11.5 Å². The third kappa shape index (κ3) is 2.32. The van der Waals surface area contributed by atoms with Crippen LogP contribution in [0.25, 0.3) is 0 Å². The number of nitrogens with one attached hydrogen (secondary N) is 2. The topological polar surface area (TPSA) is 87.0 Å². The average Bonchev–Trinajstić information content (AvgIpc) is 2.64. The number of piperidine rings is 1. The molecule has 0 amide bonds. The Morgan fingerprint density at radius 1 is 1.47 bits per heavy atom. The maximum Gasteiger partial charge on any atom is 0.276 e. The molecule has 2 aliphatic rings. The Morgan fingerprint density at radius 3 is 2.84 bits per heavy atom. The van der Waals surface area contributed by atoms with Crippen LogP contribution in [0.1, 0.15) is 25.7 Å². The molecule has 104 valence electrons. The van der Waals surface area contributed by atoms with Crippen LogP contribution in [0.5, 0.6) is 0 Å². The Balaban J connectivity index is 1.61. The number of rotatable bonds is 3. The second kappa shape index (κ2) is 4.85. The fraction of sp³-hybridized carbons (Fsp3) is 0.692. The van der Waals surface area contributed by atoms with Crippen LogP contribution < -0.4 is 16.6 Å². The number of hydrogen-bond donors (Lipinski definition) is 3. The van der Waals surface area contributed by atoms with Gasteiger partial charge in [0.15, 0.2) is 5.82 Å². The van der Waals surface area contributed by atoms with Gasteiger partial charge in [-0.25, -0.2) is 4.98 Å². The van der Waals surface area contributed by atoms with E-state index in [0.717, 1.165) is 18.6 Å². The number of fused-ring (bicyclic) bond motifs is 2. The lowest BCUT2D eigenvalue weighted by Gasteiger charge is -2.36. The van der Waals surface area contributed by atoms with E-state index in [4.69, 9.17) is 5.73 Å². The van der Waals surface area contributed by atoms with Crippen LogP contribution in [0, 0.1) is 5.92 Å². The molecule has 0 radical (unpaired) electrons. The first-order valence-electron chi connectivity index (χ1n) is 6.94. The standard InChI is InChI=1S/C13H21N5O/c1-18-9-2-3-10(18)5-8(4-9)6-15-12-11(14)13(19)17-7-16-12/h7-10H,2-6,14H2,1H3,(H2,15,16,17,19). The van der Waals surface area contributed by atoms with Crippen molar-refractivity contribution in [2.45, 2.75) is 37.8 Å². The van der Waals surface area contributed by atoms with Gasteiger partial charge in [0.2, 0.25) is 0 Å². The smallest absolute Gasteiger partial charge is 0.276 e. The molecule has 6 heteroatoms. The zero-order valence-electron chi connectivity index (χ0n) is 11.2. The Morgan fingerprint density at radius 2 is 2.16 bits per heavy atom. The van der Waals surface area contributed by atoms with Crippen molar-refractivity contribution >= 4 is 11.5 Å². The summed E-state index contributed by atoms with van der Waals surface area (Å²) < 4.78 is 0. The summed E-state index contributed by atoms with van der Waals surface area (Å²) in [7, 11) is 2.24. The first-order valence-corrected chi connectivity index (χ1v) is 6.94. The Labute approximate surface area is 112 Å². The largest absolute Gasteiger partial charge is 0.391 e. The van der Waals surface area contributed by atoms with E-state index in [-0.39, 0.29) is 11.2 Å². The summed E-state index contributed by atoms with van der Waals surface area (Å²) in [6.45, 7) is 0.849. The number of nitrogens with two attached hydrogens (primary N) is 1. The summed E-state index contributed by atoms with van der Waals surface area (Å²) in [4.78, 5) is 20.5. The van der Waals surface area contributed by atoms with Gasteiger partial charge in [-0.3, -0.25) is 4.79 Å². The van der Waals surface area contributed by atoms with Gasteiger partial charge in [0.25, 0.3) is 5.56 Å². The van der Waals surface area contributed by atoms with E-state index in [1.165, 1.54) is 32.0 Å². The SMILES string of the molecule is CN1C2CCC1CC(CNc1nc[nH]c(=O)c1N)C2. The molecule has 3 rings (SSSR count). The predicted molar refractivity (Wildman–Crippen MR) is 75.1 cm³/mol. The van der Waals surface area contributed by atoms with Crippen LogP contribution in [0.15, 0.2) is 11.1 Å². The van der Waals surface area contributed by atoms with Crippen molar-refractivity contribution in [1.82, 2.24) is 14.9 Å². The zero-order chi connectivity index (χ0) is 13.4. The molecular formula is C13H21N5O.